The van der Waals surface area contributed by atoms with Crippen molar-refractivity contribution in [1.82, 2.24) is 4.90 Å². The zero-order valence-corrected chi connectivity index (χ0v) is 14.8. The Bertz CT molecular complexity index is 858. The van der Waals surface area contributed by atoms with Gasteiger partial charge in [0.15, 0.2) is 0 Å². The summed E-state index contributed by atoms with van der Waals surface area (Å²) < 4.78 is 11.3. The maximum atomic E-state index is 12.6. The van der Waals surface area contributed by atoms with Gasteiger partial charge in [-0.25, -0.2) is 4.79 Å². The molecular weight excluding hydrogens is 332 g/mol. The quantitative estimate of drug-likeness (QED) is 0.897. The summed E-state index contributed by atoms with van der Waals surface area (Å²) in [4.78, 5) is 14.0. The predicted molar refractivity (Wildman–Crippen MR) is 94.8 cm³/mol. The molecule has 2 aromatic rings. The third-order valence-corrected chi connectivity index (χ3v) is 4.50. The zero-order chi connectivity index (χ0) is 18.9. The molecule has 2 atom stereocenters. The summed E-state index contributed by atoms with van der Waals surface area (Å²) in [6, 6.07) is 15.0. The topological polar surface area (TPSA) is 82.8 Å². The van der Waals surface area contributed by atoms with Crippen LogP contribution in [0.2, 0.25) is 0 Å². The Kier molecular flexibility index (Phi) is 4.58. The Morgan fingerprint density at radius 1 is 1.27 bits per heavy atom. The van der Waals surface area contributed by atoms with E-state index in [2.05, 4.69) is 6.07 Å². The summed E-state index contributed by atoms with van der Waals surface area (Å²) >= 11 is 0. The Morgan fingerprint density at radius 3 is 2.62 bits per heavy atom. The molecule has 0 aliphatic carbocycles. The van der Waals surface area contributed by atoms with Crippen molar-refractivity contribution in [3.63, 3.8) is 0 Å². The first-order valence-corrected chi connectivity index (χ1v) is 8.24. The van der Waals surface area contributed by atoms with Crippen LogP contribution in [-0.4, -0.2) is 34.9 Å². The molecule has 6 heteroatoms. The van der Waals surface area contributed by atoms with Crippen molar-refractivity contribution in [3.8, 4) is 17.6 Å². The number of nitriles is 1. The minimum Gasteiger partial charge on any atom is -0.485 e. The molecule has 0 saturated carbocycles. The molecule has 0 radical (unpaired) electrons. The molecule has 0 saturated heterocycles. The first kappa shape index (κ1) is 17.8. The molecule has 0 spiro atoms. The molecule has 2 unspecified atom stereocenters. The van der Waals surface area contributed by atoms with E-state index >= 15 is 0 Å². The largest absolute Gasteiger partial charge is 0.485 e. The number of rotatable bonds is 2. The smallest absolute Gasteiger partial charge is 0.415 e. The molecule has 1 aliphatic rings. The second-order valence-electron chi connectivity index (χ2n) is 6.75. The van der Waals surface area contributed by atoms with Gasteiger partial charge < -0.3 is 19.5 Å². The van der Waals surface area contributed by atoms with Crippen LogP contribution in [0.5, 0.6) is 11.5 Å². The van der Waals surface area contributed by atoms with Crippen molar-refractivity contribution in [2.75, 3.05) is 7.05 Å². The van der Waals surface area contributed by atoms with Crippen molar-refractivity contribution in [3.05, 3.63) is 59.7 Å². The lowest BCUT2D eigenvalue weighted by molar-refractivity contribution is -0.0836. The summed E-state index contributed by atoms with van der Waals surface area (Å²) in [6.07, 6.45) is -1.61. The van der Waals surface area contributed by atoms with E-state index in [-0.39, 0.29) is 0 Å². The van der Waals surface area contributed by atoms with E-state index < -0.39 is 23.8 Å². The first-order chi connectivity index (χ1) is 12.3. The van der Waals surface area contributed by atoms with Gasteiger partial charge in [-0.1, -0.05) is 18.2 Å². The summed E-state index contributed by atoms with van der Waals surface area (Å²) in [7, 11) is 1.56. The fourth-order valence-corrected chi connectivity index (χ4v) is 3.03. The van der Waals surface area contributed by atoms with E-state index in [1.807, 2.05) is 6.07 Å². The number of nitrogens with zero attached hydrogens (tertiary/aromatic N) is 2. The van der Waals surface area contributed by atoms with Gasteiger partial charge in [-0.2, -0.15) is 5.26 Å². The van der Waals surface area contributed by atoms with E-state index in [0.29, 0.717) is 22.6 Å². The number of fused-ring (bicyclic) bond motifs is 1. The number of amides is 1. The van der Waals surface area contributed by atoms with Gasteiger partial charge in [0.1, 0.15) is 23.2 Å². The van der Waals surface area contributed by atoms with E-state index in [9.17, 15) is 15.2 Å². The maximum Gasteiger partial charge on any atom is 0.415 e. The number of hydrogen-bond donors (Lipinski definition) is 1. The molecule has 0 bridgehead atoms. The molecule has 0 aromatic heterocycles. The fourth-order valence-electron chi connectivity index (χ4n) is 3.03. The average molecular weight is 352 g/mol. The van der Waals surface area contributed by atoms with E-state index in [4.69, 9.17) is 9.47 Å². The van der Waals surface area contributed by atoms with Crippen LogP contribution in [0.3, 0.4) is 0 Å². The highest BCUT2D eigenvalue weighted by Gasteiger charge is 2.46. The third-order valence-electron chi connectivity index (χ3n) is 4.50. The van der Waals surface area contributed by atoms with Gasteiger partial charge in [-0.3, -0.25) is 0 Å². The number of aliphatic hydroxyl groups is 1. The summed E-state index contributed by atoms with van der Waals surface area (Å²) in [5.41, 5.74) is 0.0880. The number of aliphatic hydroxyl groups excluding tert-OH is 1. The number of ether oxygens (including phenoxy) is 2. The fraction of sp³-hybridized carbons (Fsp3) is 0.300. The Balaban J connectivity index is 1.96. The van der Waals surface area contributed by atoms with Crippen molar-refractivity contribution < 1.29 is 19.4 Å². The average Bonchev–Trinajstić information content (AvgIpc) is 2.62. The number of carbonyl (C=O) groups is 1. The van der Waals surface area contributed by atoms with E-state index in [1.54, 1.807) is 63.4 Å². The van der Waals surface area contributed by atoms with Crippen LogP contribution < -0.4 is 9.47 Å². The van der Waals surface area contributed by atoms with Gasteiger partial charge in [0, 0.05) is 12.6 Å². The van der Waals surface area contributed by atoms with Crippen LogP contribution in [-0.2, 0) is 0 Å². The molecule has 1 heterocycles. The summed E-state index contributed by atoms with van der Waals surface area (Å²) in [6.45, 7) is 3.50. The highest BCUT2D eigenvalue weighted by molar-refractivity contribution is 5.71. The van der Waals surface area contributed by atoms with Crippen molar-refractivity contribution in [2.24, 2.45) is 0 Å². The highest BCUT2D eigenvalue weighted by atomic mass is 16.6. The lowest BCUT2D eigenvalue weighted by Crippen LogP contribution is -2.54. The third kappa shape index (κ3) is 3.22. The predicted octanol–water partition coefficient (Wildman–Crippen LogP) is 3.26. The van der Waals surface area contributed by atoms with Crippen LogP contribution in [0.15, 0.2) is 48.5 Å². The minimum atomic E-state index is -1.00. The first-order valence-electron chi connectivity index (χ1n) is 8.24. The molecule has 1 N–H and O–H groups in total. The summed E-state index contributed by atoms with van der Waals surface area (Å²) in [5, 5.41) is 20.0. The van der Waals surface area contributed by atoms with Crippen molar-refractivity contribution in [1.29, 1.82) is 5.26 Å². The van der Waals surface area contributed by atoms with Gasteiger partial charge in [-0.05, 0) is 44.2 Å². The van der Waals surface area contributed by atoms with Crippen LogP contribution in [0.4, 0.5) is 4.79 Å². The monoisotopic (exact) mass is 352 g/mol. The molecule has 6 nitrogen and oxygen atoms in total. The van der Waals surface area contributed by atoms with Gasteiger partial charge in [0.05, 0.1) is 17.7 Å². The van der Waals surface area contributed by atoms with Crippen LogP contribution in [0.1, 0.15) is 31.0 Å². The summed E-state index contributed by atoms with van der Waals surface area (Å²) in [5.74, 6) is 0.944. The Morgan fingerprint density at radius 2 is 1.96 bits per heavy atom. The second kappa shape index (κ2) is 6.70. The molecule has 3 rings (SSSR count). The van der Waals surface area contributed by atoms with Gasteiger partial charge in [0.2, 0.25) is 0 Å². The number of para-hydroxylation sites is 1. The Hall–Kier alpha value is -3.04. The molecule has 1 amide bonds. The maximum absolute atomic E-state index is 12.6. The van der Waals surface area contributed by atoms with Gasteiger partial charge in [-0.15, -0.1) is 0 Å². The normalized spacial score (nSPS) is 20.3. The molecule has 134 valence electrons. The molecule has 1 aliphatic heterocycles. The standard InChI is InChI=1S/C20H20N2O4/c1-20(2)18(23)17(15-11-13(12-21)9-10-16(15)26-20)22(3)19(24)25-14-7-5-4-6-8-14/h4-11,17-18,23H,1-3H3. The van der Waals surface area contributed by atoms with Crippen LogP contribution in [0.25, 0.3) is 0 Å². The second-order valence-corrected chi connectivity index (χ2v) is 6.75. The van der Waals surface area contributed by atoms with Gasteiger partial charge in [0.25, 0.3) is 0 Å². The molecule has 0 fully saturated rings. The molecule has 26 heavy (non-hydrogen) atoms. The molecule has 2 aromatic carbocycles. The van der Waals surface area contributed by atoms with Gasteiger partial charge >= 0.3 is 6.09 Å². The van der Waals surface area contributed by atoms with E-state index in [0.717, 1.165) is 0 Å². The van der Waals surface area contributed by atoms with E-state index in [1.165, 1.54) is 4.90 Å². The lowest BCUT2D eigenvalue weighted by atomic mass is 9.85. The highest BCUT2D eigenvalue weighted by Crippen LogP contribution is 2.43. The number of carbonyl (C=O) groups excluding carboxylic acids is 1. The number of likely N-dealkylation sites (N-methyl/N-ethyl adjacent to an activating group) is 1. The lowest BCUT2D eigenvalue weighted by Gasteiger charge is -2.44. The van der Waals surface area contributed by atoms with Crippen molar-refractivity contribution in [2.45, 2.75) is 31.6 Å². The van der Waals surface area contributed by atoms with Crippen molar-refractivity contribution >= 4 is 6.09 Å². The van der Waals surface area contributed by atoms with Crippen LogP contribution in [0, 0.1) is 11.3 Å². The molecular formula is C20H20N2O4. The zero-order valence-electron chi connectivity index (χ0n) is 14.8. The number of hydrogen-bond acceptors (Lipinski definition) is 5. The van der Waals surface area contributed by atoms with Crippen LogP contribution >= 0.6 is 0 Å². The number of benzene rings is 2. The minimum absolute atomic E-state index is 0.413. The SMILES string of the molecule is CN(C(=O)Oc1ccccc1)C1c2cc(C#N)ccc2OC(C)(C)C1O. The Labute approximate surface area is 152 Å².